The predicted molar refractivity (Wildman–Crippen MR) is 54.6 cm³/mol. The standard InChI is InChI=1S/C9H15N3S/c1-12(2)5-8-11-7(6-13-8)9(10)3-4-9/h6H,3-5,10H2,1-2H3. The van der Waals surface area contributed by atoms with Crippen molar-refractivity contribution in [3.63, 3.8) is 0 Å². The third-order valence-electron chi connectivity index (χ3n) is 2.30. The maximum Gasteiger partial charge on any atom is 0.107 e. The summed E-state index contributed by atoms with van der Waals surface area (Å²) >= 11 is 1.71. The summed E-state index contributed by atoms with van der Waals surface area (Å²) in [6, 6.07) is 0. The largest absolute Gasteiger partial charge is 0.320 e. The van der Waals surface area contributed by atoms with Crippen LogP contribution in [0, 0.1) is 0 Å². The zero-order valence-electron chi connectivity index (χ0n) is 8.08. The zero-order valence-corrected chi connectivity index (χ0v) is 8.90. The molecule has 0 unspecified atom stereocenters. The maximum atomic E-state index is 6.04. The van der Waals surface area contributed by atoms with E-state index in [0.717, 1.165) is 30.1 Å². The van der Waals surface area contributed by atoms with Crippen LogP contribution in [0.3, 0.4) is 0 Å². The Hall–Kier alpha value is -0.450. The fourth-order valence-electron chi connectivity index (χ4n) is 1.27. The van der Waals surface area contributed by atoms with E-state index < -0.39 is 0 Å². The summed E-state index contributed by atoms with van der Waals surface area (Å²) in [5.41, 5.74) is 7.07. The first-order valence-electron chi connectivity index (χ1n) is 4.49. The van der Waals surface area contributed by atoms with E-state index in [2.05, 4.69) is 29.4 Å². The van der Waals surface area contributed by atoms with Gasteiger partial charge in [-0.25, -0.2) is 4.98 Å². The first-order valence-corrected chi connectivity index (χ1v) is 5.37. The van der Waals surface area contributed by atoms with Gasteiger partial charge >= 0.3 is 0 Å². The molecule has 3 nitrogen and oxygen atoms in total. The molecule has 1 aromatic heterocycles. The van der Waals surface area contributed by atoms with E-state index in [1.165, 1.54) is 0 Å². The molecule has 0 amide bonds. The maximum absolute atomic E-state index is 6.04. The fraction of sp³-hybridized carbons (Fsp3) is 0.667. The first-order chi connectivity index (χ1) is 6.10. The second-order valence-electron chi connectivity index (χ2n) is 4.02. The minimum Gasteiger partial charge on any atom is -0.320 e. The molecule has 0 bridgehead atoms. The van der Waals surface area contributed by atoms with Crippen LogP contribution in [0.1, 0.15) is 23.5 Å². The third-order valence-corrected chi connectivity index (χ3v) is 3.14. The van der Waals surface area contributed by atoms with E-state index in [1.54, 1.807) is 11.3 Å². The van der Waals surface area contributed by atoms with Gasteiger partial charge in [-0.05, 0) is 26.9 Å². The highest BCUT2D eigenvalue weighted by Gasteiger charge is 2.42. The Morgan fingerprint density at radius 1 is 1.62 bits per heavy atom. The molecule has 72 valence electrons. The summed E-state index contributed by atoms with van der Waals surface area (Å²) < 4.78 is 0. The molecular formula is C9H15N3S. The van der Waals surface area contributed by atoms with Crippen LogP contribution in [0.4, 0.5) is 0 Å². The SMILES string of the molecule is CN(C)Cc1nc(C2(N)CC2)cs1. The molecule has 2 rings (SSSR count). The van der Waals surface area contributed by atoms with Gasteiger partial charge in [-0.2, -0.15) is 0 Å². The van der Waals surface area contributed by atoms with Crippen LogP contribution in [0.25, 0.3) is 0 Å². The van der Waals surface area contributed by atoms with Crippen LogP contribution in [-0.4, -0.2) is 24.0 Å². The van der Waals surface area contributed by atoms with Crippen molar-refractivity contribution in [2.75, 3.05) is 14.1 Å². The lowest BCUT2D eigenvalue weighted by Gasteiger charge is -2.06. The number of nitrogens with two attached hydrogens (primary N) is 1. The molecule has 13 heavy (non-hydrogen) atoms. The molecule has 1 aromatic rings. The van der Waals surface area contributed by atoms with Crippen LogP contribution in [-0.2, 0) is 12.1 Å². The average Bonchev–Trinajstić information content (AvgIpc) is 2.62. The minimum atomic E-state index is -0.0684. The highest BCUT2D eigenvalue weighted by atomic mass is 32.1. The van der Waals surface area contributed by atoms with Crippen LogP contribution < -0.4 is 5.73 Å². The zero-order chi connectivity index (χ0) is 9.47. The van der Waals surface area contributed by atoms with E-state index >= 15 is 0 Å². The van der Waals surface area contributed by atoms with Crippen molar-refractivity contribution in [3.05, 3.63) is 16.1 Å². The normalized spacial score (nSPS) is 19.4. The molecule has 0 atom stereocenters. The first kappa shape index (κ1) is 9.12. The Balaban J connectivity index is 2.09. The summed E-state index contributed by atoms with van der Waals surface area (Å²) in [6.07, 6.45) is 2.19. The molecule has 0 aromatic carbocycles. The summed E-state index contributed by atoms with van der Waals surface area (Å²) in [5, 5.41) is 3.27. The summed E-state index contributed by atoms with van der Waals surface area (Å²) in [4.78, 5) is 6.66. The van der Waals surface area contributed by atoms with Crippen molar-refractivity contribution in [1.82, 2.24) is 9.88 Å². The van der Waals surface area contributed by atoms with E-state index in [0.29, 0.717) is 0 Å². The molecule has 1 saturated carbocycles. The molecule has 1 fully saturated rings. The van der Waals surface area contributed by atoms with Crippen LogP contribution in [0.2, 0.25) is 0 Å². The van der Waals surface area contributed by atoms with Gasteiger partial charge in [0.15, 0.2) is 0 Å². The molecule has 0 radical (unpaired) electrons. The fourth-order valence-corrected chi connectivity index (χ4v) is 2.29. The lowest BCUT2D eigenvalue weighted by molar-refractivity contribution is 0.401. The molecule has 1 aliphatic rings. The second-order valence-corrected chi connectivity index (χ2v) is 4.96. The van der Waals surface area contributed by atoms with Crippen LogP contribution >= 0.6 is 11.3 Å². The average molecular weight is 197 g/mol. The summed E-state index contributed by atoms with van der Waals surface area (Å²) in [5.74, 6) is 0. The monoisotopic (exact) mass is 197 g/mol. The van der Waals surface area contributed by atoms with Gasteiger partial charge in [-0.3, -0.25) is 0 Å². The molecule has 1 heterocycles. The number of aromatic nitrogens is 1. The third kappa shape index (κ3) is 1.90. The Morgan fingerprint density at radius 3 is 2.85 bits per heavy atom. The topological polar surface area (TPSA) is 42.2 Å². The lowest BCUT2D eigenvalue weighted by Crippen LogP contribution is -2.19. The van der Waals surface area contributed by atoms with Gasteiger partial charge in [0.25, 0.3) is 0 Å². The molecular weight excluding hydrogens is 182 g/mol. The van der Waals surface area contributed by atoms with Gasteiger partial charge in [0, 0.05) is 11.9 Å². The quantitative estimate of drug-likeness (QED) is 0.790. The van der Waals surface area contributed by atoms with Crippen molar-refractivity contribution < 1.29 is 0 Å². The van der Waals surface area contributed by atoms with Crippen molar-refractivity contribution in [2.45, 2.75) is 24.9 Å². The second kappa shape index (κ2) is 3.04. The van der Waals surface area contributed by atoms with Gasteiger partial charge in [0.2, 0.25) is 0 Å². The Labute approximate surface area is 82.6 Å². The number of thiazole rings is 1. The van der Waals surface area contributed by atoms with Gasteiger partial charge in [0.1, 0.15) is 5.01 Å². The number of rotatable bonds is 3. The number of nitrogens with zero attached hydrogens (tertiary/aromatic N) is 2. The van der Waals surface area contributed by atoms with Crippen LogP contribution in [0.5, 0.6) is 0 Å². The van der Waals surface area contributed by atoms with E-state index in [-0.39, 0.29) is 5.54 Å². The van der Waals surface area contributed by atoms with Crippen molar-refractivity contribution in [3.8, 4) is 0 Å². The summed E-state index contributed by atoms with van der Waals surface area (Å²) in [6.45, 7) is 0.917. The van der Waals surface area contributed by atoms with Gasteiger partial charge < -0.3 is 10.6 Å². The summed E-state index contributed by atoms with van der Waals surface area (Å²) in [7, 11) is 4.10. The van der Waals surface area contributed by atoms with E-state index in [4.69, 9.17) is 5.73 Å². The van der Waals surface area contributed by atoms with Crippen molar-refractivity contribution in [2.24, 2.45) is 5.73 Å². The Bertz CT molecular complexity index is 302. The highest BCUT2D eigenvalue weighted by molar-refractivity contribution is 7.09. The van der Waals surface area contributed by atoms with E-state index in [9.17, 15) is 0 Å². The minimum absolute atomic E-state index is 0.0684. The Morgan fingerprint density at radius 2 is 2.31 bits per heavy atom. The van der Waals surface area contributed by atoms with Crippen molar-refractivity contribution in [1.29, 1.82) is 0 Å². The number of hydrogen-bond donors (Lipinski definition) is 1. The van der Waals surface area contributed by atoms with Gasteiger partial charge in [-0.1, -0.05) is 0 Å². The molecule has 2 N–H and O–H groups in total. The molecule has 0 spiro atoms. The molecule has 4 heteroatoms. The molecule has 1 aliphatic carbocycles. The molecule has 0 saturated heterocycles. The Kier molecular flexibility index (Phi) is 2.14. The highest BCUT2D eigenvalue weighted by Crippen LogP contribution is 2.42. The van der Waals surface area contributed by atoms with Crippen molar-refractivity contribution >= 4 is 11.3 Å². The number of hydrogen-bond acceptors (Lipinski definition) is 4. The van der Waals surface area contributed by atoms with Crippen LogP contribution in [0.15, 0.2) is 5.38 Å². The molecule has 0 aliphatic heterocycles. The van der Waals surface area contributed by atoms with Gasteiger partial charge in [-0.15, -0.1) is 11.3 Å². The smallest absolute Gasteiger partial charge is 0.107 e. The van der Waals surface area contributed by atoms with Gasteiger partial charge in [0.05, 0.1) is 11.2 Å². The lowest BCUT2D eigenvalue weighted by atomic mass is 10.2. The predicted octanol–water partition coefficient (Wildman–Crippen LogP) is 1.15. The van der Waals surface area contributed by atoms with E-state index in [1.807, 2.05) is 0 Å².